The summed E-state index contributed by atoms with van der Waals surface area (Å²) in [5, 5.41) is -0.251. The van der Waals surface area contributed by atoms with E-state index >= 15 is 0 Å². The lowest BCUT2D eigenvalue weighted by Crippen LogP contribution is -2.26. The smallest absolute Gasteiger partial charge is 0.280 e. The molecular formula is C22H18ClF2N3O3. The van der Waals surface area contributed by atoms with Gasteiger partial charge < -0.3 is 9.64 Å². The van der Waals surface area contributed by atoms with Gasteiger partial charge in [-0.2, -0.15) is 4.98 Å². The fourth-order valence-corrected chi connectivity index (χ4v) is 3.80. The van der Waals surface area contributed by atoms with E-state index in [0.29, 0.717) is 24.5 Å². The van der Waals surface area contributed by atoms with Crippen LogP contribution in [0.25, 0.3) is 5.69 Å². The maximum atomic E-state index is 13.8. The molecule has 0 spiro atoms. The number of rotatable bonds is 4. The number of carbonyl (C=O) groups is 1. The van der Waals surface area contributed by atoms with Gasteiger partial charge >= 0.3 is 0 Å². The number of benzene rings is 2. The zero-order valence-electron chi connectivity index (χ0n) is 16.8. The van der Waals surface area contributed by atoms with Gasteiger partial charge in [-0.25, -0.2) is 8.78 Å². The van der Waals surface area contributed by atoms with Crippen molar-refractivity contribution in [3.63, 3.8) is 0 Å². The zero-order valence-corrected chi connectivity index (χ0v) is 17.5. The number of fused-ring (bicyclic) bond motifs is 1. The third kappa shape index (κ3) is 3.90. The average Bonchev–Trinajstić information content (AvgIpc) is 3.14. The van der Waals surface area contributed by atoms with Crippen molar-refractivity contribution in [3.05, 3.63) is 80.4 Å². The molecule has 2 aromatic carbocycles. The van der Waals surface area contributed by atoms with Crippen LogP contribution in [-0.4, -0.2) is 22.0 Å². The van der Waals surface area contributed by atoms with Crippen LogP contribution in [0.4, 0.5) is 14.5 Å². The van der Waals surface area contributed by atoms with Crippen molar-refractivity contribution in [2.24, 2.45) is 0 Å². The van der Waals surface area contributed by atoms with Crippen LogP contribution in [0.5, 0.6) is 5.88 Å². The van der Waals surface area contributed by atoms with Crippen LogP contribution in [0.15, 0.2) is 41.2 Å². The molecule has 1 aliphatic rings. The highest BCUT2D eigenvalue weighted by Crippen LogP contribution is 2.30. The standard InChI is InChI=1S/C22H18ClF2N3O3/c1-12-26-21(31-11-15-3-4-16(24)10-18(15)25)20(23)22(30)28(12)17-5-6-19-14(9-17)7-8-27(19)13(2)29/h3-6,9-10H,7-8,11H2,1-2H3. The van der Waals surface area contributed by atoms with Gasteiger partial charge in [-0.15, -0.1) is 0 Å². The summed E-state index contributed by atoms with van der Waals surface area (Å²) in [6, 6.07) is 8.46. The first-order chi connectivity index (χ1) is 14.8. The lowest BCUT2D eigenvalue weighted by molar-refractivity contribution is -0.116. The van der Waals surface area contributed by atoms with Gasteiger partial charge in [0.25, 0.3) is 5.56 Å². The van der Waals surface area contributed by atoms with Gasteiger partial charge in [-0.05, 0) is 49.2 Å². The molecule has 0 N–H and O–H groups in total. The third-order valence-corrected chi connectivity index (χ3v) is 5.47. The Balaban J connectivity index is 1.65. The predicted octanol–water partition coefficient (Wildman–Crippen LogP) is 3.96. The second kappa shape index (κ2) is 8.11. The Morgan fingerprint density at radius 3 is 2.71 bits per heavy atom. The van der Waals surface area contributed by atoms with Crippen LogP contribution < -0.4 is 15.2 Å². The van der Waals surface area contributed by atoms with E-state index in [1.165, 1.54) is 17.6 Å². The number of hydrogen-bond acceptors (Lipinski definition) is 4. The number of amides is 1. The van der Waals surface area contributed by atoms with E-state index in [4.69, 9.17) is 16.3 Å². The Morgan fingerprint density at radius 2 is 2.00 bits per heavy atom. The van der Waals surface area contributed by atoms with Crippen molar-refractivity contribution >= 4 is 23.2 Å². The van der Waals surface area contributed by atoms with E-state index < -0.39 is 17.2 Å². The van der Waals surface area contributed by atoms with Crippen molar-refractivity contribution in [2.75, 3.05) is 11.4 Å². The summed E-state index contributed by atoms with van der Waals surface area (Å²) in [6.07, 6.45) is 0.683. The molecule has 0 aliphatic carbocycles. The predicted molar refractivity (Wildman–Crippen MR) is 112 cm³/mol. The SMILES string of the molecule is CC(=O)N1CCc2cc(-n3c(C)nc(OCc4ccc(F)cc4F)c(Cl)c3=O)ccc21. The minimum absolute atomic E-state index is 0.0383. The first-order valence-electron chi connectivity index (χ1n) is 9.53. The maximum Gasteiger partial charge on any atom is 0.280 e. The van der Waals surface area contributed by atoms with Crippen molar-refractivity contribution in [1.82, 2.24) is 9.55 Å². The number of carbonyl (C=O) groups excluding carboxylic acids is 1. The topological polar surface area (TPSA) is 64.4 Å². The molecule has 2 heterocycles. The molecule has 31 heavy (non-hydrogen) atoms. The van der Waals surface area contributed by atoms with E-state index in [1.54, 1.807) is 24.0 Å². The van der Waals surface area contributed by atoms with E-state index in [9.17, 15) is 18.4 Å². The second-order valence-electron chi connectivity index (χ2n) is 7.18. The van der Waals surface area contributed by atoms with Gasteiger partial charge in [0.05, 0.1) is 5.69 Å². The average molecular weight is 446 g/mol. The Bertz CT molecular complexity index is 1260. The van der Waals surface area contributed by atoms with E-state index in [0.717, 1.165) is 23.4 Å². The minimum atomic E-state index is -0.765. The van der Waals surface area contributed by atoms with Gasteiger partial charge in [0.1, 0.15) is 24.1 Å². The van der Waals surface area contributed by atoms with Gasteiger partial charge in [0.2, 0.25) is 11.8 Å². The summed E-state index contributed by atoms with van der Waals surface area (Å²) in [6.45, 7) is 3.46. The van der Waals surface area contributed by atoms with Crippen LogP contribution in [0, 0.1) is 18.6 Å². The molecule has 0 saturated carbocycles. The largest absolute Gasteiger partial charge is 0.471 e. The Morgan fingerprint density at radius 1 is 1.23 bits per heavy atom. The van der Waals surface area contributed by atoms with E-state index in [-0.39, 0.29) is 29.0 Å². The Kier molecular flexibility index (Phi) is 5.49. The van der Waals surface area contributed by atoms with Crippen molar-refractivity contribution in [2.45, 2.75) is 26.9 Å². The summed E-state index contributed by atoms with van der Waals surface area (Å²) in [7, 11) is 0. The fraction of sp³-hybridized carbons (Fsp3) is 0.227. The quantitative estimate of drug-likeness (QED) is 0.609. The Hall–Kier alpha value is -3.26. The molecular weight excluding hydrogens is 428 g/mol. The van der Waals surface area contributed by atoms with Gasteiger partial charge in [0, 0.05) is 30.8 Å². The molecule has 0 bridgehead atoms. The summed E-state index contributed by atoms with van der Waals surface area (Å²) in [4.78, 5) is 30.6. The van der Waals surface area contributed by atoms with Gasteiger partial charge in [0.15, 0.2) is 5.02 Å². The van der Waals surface area contributed by atoms with Crippen molar-refractivity contribution in [3.8, 4) is 11.6 Å². The zero-order chi connectivity index (χ0) is 22.3. The van der Waals surface area contributed by atoms with E-state index in [1.807, 2.05) is 6.07 Å². The number of nitrogens with zero attached hydrogens (tertiary/aromatic N) is 3. The molecule has 0 unspecified atom stereocenters. The normalized spacial score (nSPS) is 12.7. The molecule has 160 valence electrons. The summed E-state index contributed by atoms with van der Waals surface area (Å²) in [5.41, 5.74) is 1.90. The van der Waals surface area contributed by atoms with Crippen LogP contribution >= 0.6 is 11.6 Å². The maximum absolute atomic E-state index is 13.8. The molecule has 6 nitrogen and oxygen atoms in total. The molecule has 1 aliphatic heterocycles. The second-order valence-corrected chi connectivity index (χ2v) is 7.55. The lowest BCUT2D eigenvalue weighted by Gasteiger charge is -2.16. The summed E-state index contributed by atoms with van der Waals surface area (Å²) >= 11 is 6.21. The Labute approximate surface area is 181 Å². The van der Waals surface area contributed by atoms with Crippen LogP contribution in [0.2, 0.25) is 5.02 Å². The molecule has 9 heteroatoms. The number of ether oxygens (including phenoxy) is 1. The van der Waals surface area contributed by atoms with Crippen molar-refractivity contribution in [1.29, 1.82) is 0 Å². The van der Waals surface area contributed by atoms with Crippen LogP contribution in [0.1, 0.15) is 23.9 Å². The molecule has 0 fully saturated rings. The van der Waals surface area contributed by atoms with Crippen LogP contribution in [0.3, 0.4) is 0 Å². The molecule has 0 atom stereocenters. The first kappa shape index (κ1) is 21.0. The minimum Gasteiger partial charge on any atom is -0.471 e. The van der Waals surface area contributed by atoms with E-state index in [2.05, 4.69) is 4.98 Å². The number of halogens is 3. The number of aryl methyl sites for hydroxylation is 1. The molecule has 4 rings (SSSR count). The highest BCUT2D eigenvalue weighted by atomic mass is 35.5. The molecule has 1 aromatic heterocycles. The number of anilines is 1. The van der Waals surface area contributed by atoms with Crippen molar-refractivity contribution < 1.29 is 18.3 Å². The van der Waals surface area contributed by atoms with Gasteiger partial charge in [-0.1, -0.05) is 11.6 Å². The fourth-order valence-electron chi connectivity index (χ4n) is 3.62. The summed E-state index contributed by atoms with van der Waals surface area (Å²) in [5.74, 6) is -1.31. The third-order valence-electron chi connectivity index (χ3n) is 5.14. The molecule has 0 radical (unpaired) electrons. The van der Waals surface area contributed by atoms with Crippen LogP contribution in [-0.2, 0) is 17.8 Å². The number of aromatic nitrogens is 2. The molecule has 1 amide bonds. The summed E-state index contributed by atoms with van der Waals surface area (Å²) < 4.78 is 33.7. The lowest BCUT2D eigenvalue weighted by atomic mass is 10.1. The highest BCUT2D eigenvalue weighted by molar-refractivity contribution is 6.31. The van der Waals surface area contributed by atoms with Gasteiger partial charge in [-0.3, -0.25) is 14.2 Å². The molecule has 3 aromatic rings. The highest BCUT2D eigenvalue weighted by Gasteiger charge is 2.23. The monoisotopic (exact) mass is 445 g/mol. The molecule has 0 saturated heterocycles. The first-order valence-corrected chi connectivity index (χ1v) is 9.91. The number of hydrogen-bond donors (Lipinski definition) is 0.